The minimum atomic E-state index is 0.471. The van der Waals surface area contributed by atoms with Gasteiger partial charge in [0.1, 0.15) is 0 Å². The molecule has 3 heteroatoms. The van der Waals surface area contributed by atoms with Crippen molar-refractivity contribution in [2.24, 2.45) is 7.05 Å². The number of aryl methyl sites for hydroxylation is 1. The Morgan fingerprint density at radius 1 is 1.55 bits per heavy atom. The molecule has 0 fully saturated rings. The Bertz CT molecular complexity index is 240. The van der Waals surface area contributed by atoms with Gasteiger partial charge in [-0.3, -0.25) is 0 Å². The number of methoxy groups -OCH3 is 1. The number of aromatic nitrogens is 2. The Balaban J connectivity index is 3.05. The van der Waals surface area contributed by atoms with E-state index in [1.165, 1.54) is 0 Å². The zero-order valence-corrected chi connectivity index (χ0v) is 7.46. The van der Waals surface area contributed by atoms with Gasteiger partial charge in [-0.15, -0.1) is 0 Å². The smallest absolute Gasteiger partial charge is 0.214 e. The third-order valence-electron chi connectivity index (χ3n) is 1.73. The van der Waals surface area contributed by atoms with Crippen LogP contribution in [0.2, 0.25) is 0 Å². The van der Waals surface area contributed by atoms with Crippen LogP contribution in [0.3, 0.4) is 0 Å². The zero-order chi connectivity index (χ0) is 8.43. The van der Waals surface area contributed by atoms with E-state index in [0.29, 0.717) is 5.92 Å². The molecule has 0 bridgehead atoms. The maximum absolute atomic E-state index is 5.18. The van der Waals surface area contributed by atoms with Gasteiger partial charge in [-0.1, -0.05) is 13.8 Å². The zero-order valence-electron chi connectivity index (χ0n) is 7.46. The first-order valence-corrected chi connectivity index (χ1v) is 3.72. The molecule has 1 rings (SSSR count). The fourth-order valence-corrected chi connectivity index (χ4v) is 1.09. The molecule has 0 aliphatic rings. The molecular weight excluding hydrogens is 140 g/mol. The van der Waals surface area contributed by atoms with Crippen LogP contribution in [-0.2, 0) is 7.05 Å². The normalized spacial score (nSPS) is 10.6. The Morgan fingerprint density at radius 3 is 2.55 bits per heavy atom. The molecule has 1 aromatic rings. The predicted molar refractivity (Wildman–Crippen MR) is 43.8 cm³/mol. The van der Waals surface area contributed by atoms with Gasteiger partial charge in [0.15, 0.2) is 0 Å². The van der Waals surface area contributed by atoms with Crippen molar-refractivity contribution in [2.75, 3.05) is 7.11 Å². The fourth-order valence-electron chi connectivity index (χ4n) is 1.09. The molecule has 0 saturated carbocycles. The highest BCUT2D eigenvalue weighted by atomic mass is 16.5. The van der Waals surface area contributed by atoms with Crippen molar-refractivity contribution in [3.05, 3.63) is 11.8 Å². The molecule has 0 aliphatic heterocycles. The van der Waals surface area contributed by atoms with Gasteiger partial charge in [0, 0.05) is 12.6 Å². The average molecular weight is 154 g/mol. The molecule has 0 aromatic carbocycles. The topological polar surface area (TPSA) is 27.1 Å². The van der Waals surface area contributed by atoms with Crippen molar-refractivity contribution >= 4 is 0 Å². The number of rotatable bonds is 2. The molecule has 11 heavy (non-hydrogen) atoms. The molecule has 0 atom stereocenters. The predicted octanol–water partition coefficient (Wildman–Crippen LogP) is 1.55. The number of hydrogen-bond acceptors (Lipinski definition) is 2. The third kappa shape index (κ3) is 1.37. The van der Waals surface area contributed by atoms with E-state index in [2.05, 4.69) is 18.9 Å². The van der Waals surface area contributed by atoms with Crippen LogP contribution in [0.25, 0.3) is 0 Å². The summed E-state index contributed by atoms with van der Waals surface area (Å²) in [5.41, 5.74) is 1.16. The van der Waals surface area contributed by atoms with E-state index in [0.717, 1.165) is 11.4 Å². The summed E-state index contributed by atoms with van der Waals surface area (Å²) in [7, 11) is 3.55. The summed E-state index contributed by atoms with van der Waals surface area (Å²) in [6, 6.07) is 0. The summed E-state index contributed by atoms with van der Waals surface area (Å²) in [4.78, 5) is 0. The molecule has 0 radical (unpaired) electrons. The molecule has 1 aromatic heterocycles. The summed E-state index contributed by atoms with van der Waals surface area (Å²) in [6.45, 7) is 4.25. The summed E-state index contributed by atoms with van der Waals surface area (Å²) >= 11 is 0. The van der Waals surface area contributed by atoms with Crippen molar-refractivity contribution in [1.82, 2.24) is 9.78 Å². The number of hydrogen-bond donors (Lipinski definition) is 0. The van der Waals surface area contributed by atoms with E-state index < -0.39 is 0 Å². The van der Waals surface area contributed by atoms with Crippen LogP contribution in [0.1, 0.15) is 25.3 Å². The Labute approximate surface area is 67.0 Å². The second-order valence-electron chi connectivity index (χ2n) is 2.89. The van der Waals surface area contributed by atoms with Crippen LogP contribution in [0.5, 0.6) is 5.88 Å². The molecule has 0 amide bonds. The summed E-state index contributed by atoms with van der Waals surface area (Å²) in [5, 5.41) is 4.10. The van der Waals surface area contributed by atoms with Crippen LogP contribution >= 0.6 is 0 Å². The Morgan fingerprint density at radius 2 is 2.18 bits per heavy atom. The molecule has 0 aliphatic carbocycles. The lowest BCUT2D eigenvalue weighted by Gasteiger charge is -2.05. The molecule has 1 heterocycles. The lowest BCUT2D eigenvalue weighted by atomic mass is 10.1. The van der Waals surface area contributed by atoms with Crippen LogP contribution in [-0.4, -0.2) is 16.9 Å². The maximum Gasteiger partial charge on any atom is 0.214 e. The monoisotopic (exact) mass is 154 g/mol. The van der Waals surface area contributed by atoms with E-state index in [1.807, 2.05) is 13.2 Å². The summed E-state index contributed by atoms with van der Waals surface area (Å²) < 4.78 is 6.92. The van der Waals surface area contributed by atoms with Crippen molar-refractivity contribution < 1.29 is 4.74 Å². The highest BCUT2D eigenvalue weighted by molar-refractivity contribution is 5.26. The van der Waals surface area contributed by atoms with E-state index in [9.17, 15) is 0 Å². The first-order valence-electron chi connectivity index (χ1n) is 3.72. The first kappa shape index (κ1) is 8.11. The molecule has 0 N–H and O–H groups in total. The first-order chi connectivity index (χ1) is 5.16. The Kier molecular flexibility index (Phi) is 2.17. The highest BCUT2D eigenvalue weighted by Crippen LogP contribution is 2.24. The van der Waals surface area contributed by atoms with Gasteiger partial charge in [0.05, 0.1) is 13.3 Å². The van der Waals surface area contributed by atoms with Gasteiger partial charge in [0.2, 0.25) is 5.88 Å². The second kappa shape index (κ2) is 2.95. The van der Waals surface area contributed by atoms with Gasteiger partial charge < -0.3 is 4.74 Å². The molecular formula is C8H14N2O. The summed E-state index contributed by atoms with van der Waals surface area (Å²) in [6.07, 6.45) is 1.85. The largest absolute Gasteiger partial charge is 0.481 e. The van der Waals surface area contributed by atoms with Crippen LogP contribution in [0, 0.1) is 0 Å². The highest BCUT2D eigenvalue weighted by Gasteiger charge is 2.10. The van der Waals surface area contributed by atoms with E-state index in [4.69, 9.17) is 4.74 Å². The molecule has 3 nitrogen and oxygen atoms in total. The Hall–Kier alpha value is -0.990. The quantitative estimate of drug-likeness (QED) is 0.646. The lowest BCUT2D eigenvalue weighted by molar-refractivity contribution is 0.367. The van der Waals surface area contributed by atoms with Gasteiger partial charge in [0.25, 0.3) is 0 Å². The van der Waals surface area contributed by atoms with Crippen molar-refractivity contribution in [3.63, 3.8) is 0 Å². The van der Waals surface area contributed by atoms with Crippen LogP contribution in [0.15, 0.2) is 6.20 Å². The second-order valence-corrected chi connectivity index (χ2v) is 2.89. The minimum absolute atomic E-state index is 0.471. The summed E-state index contributed by atoms with van der Waals surface area (Å²) in [5.74, 6) is 1.33. The number of nitrogens with zero attached hydrogens (tertiary/aromatic N) is 2. The fraction of sp³-hybridized carbons (Fsp3) is 0.625. The number of ether oxygens (including phenoxy) is 1. The van der Waals surface area contributed by atoms with E-state index in [1.54, 1.807) is 11.8 Å². The van der Waals surface area contributed by atoms with Crippen molar-refractivity contribution in [3.8, 4) is 5.88 Å². The molecule has 0 unspecified atom stereocenters. The van der Waals surface area contributed by atoms with Gasteiger partial charge >= 0.3 is 0 Å². The molecule has 0 spiro atoms. The van der Waals surface area contributed by atoms with Gasteiger partial charge in [-0.05, 0) is 5.92 Å². The standard InChI is InChI=1S/C8H14N2O/c1-6(2)7-5-9-10(3)8(7)11-4/h5-6H,1-4H3. The van der Waals surface area contributed by atoms with Gasteiger partial charge in [-0.25, -0.2) is 4.68 Å². The minimum Gasteiger partial charge on any atom is -0.481 e. The maximum atomic E-state index is 5.18. The lowest BCUT2D eigenvalue weighted by Crippen LogP contribution is -1.97. The average Bonchev–Trinajstić information content (AvgIpc) is 2.30. The van der Waals surface area contributed by atoms with Crippen molar-refractivity contribution in [1.29, 1.82) is 0 Å². The SMILES string of the molecule is COc1c(C(C)C)cnn1C. The molecule has 62 valence electrons. The van der Waals surface area contributed by atoms with Gasteiger partial charge in [-0.2, -0.15) is 5.10 Å². The van der Waals surface area contributed by atoms with Crippen LogP contribution in [0.4, 0.5) is 0 Å². The van der Waals surface area contributed by atoms with E-state index >= 15 is 0 Å². The van der Waals surface area contributed by atoms with Crippen molar-refractivity contribution in [2.45, 2.75) is 19.8 Å². The van der Waals surface area contributed by atoms with Crippen LogP contribution < -0.4 is 4.74 Å². The third-order valence-corrected chi connectivity index (χ3v) is 1.73. The molecule has 0 saturated heterocycles. The van der Waals surface area contributed by atoms with E-state index in [-0.39, 0.29) is 0 Å².